The molecule has 0 aliphatic carbocycles. The Labute approximate surface area is 160 Å². The molecule has 3 N–H and O–H groups in total. The number of rotatable bonds is 6. The van der Waals surface area contributed by atoms with E-state index in [0.717, 1.165) is 6.26 Å². The molecule has 140 valence electrons. The van der Waals surface area contributed by atoms with Gasteiger partial charge in [-0.15, -0.1) is 0 Å². The summed E-state index contributed by atoms with van der Waals surface area (Å²) in [6, 6.07) is 10.8. The summed E-state index contributed by atoms with van der Waals surface area (Å²) >= 11 is 5.98. The van der Waals surface area contributed by atoms with Crippen LogP contribution in [0.2, 0.25) is 5.02 Å². The number of sulfonamides is 1. The average Bonchev–Trinajstić information content (AvgIpc) is 2.90. The van der Waals surface area contributed by atoms with Crippen molar-refractivity contribution in [3.63, 3.8) is 0 Å². The van der Waals surface area contributed by atoms with E-state index in [1.54, 1.807) is 18.2 Å². The van der Waals surface area contributed by atoms with Gasteiger partial charge in [0.05, 0.1) is 18.4 Å². The third-order valence-corrected chi connectivity index (χ3v) is 4.72. The Hall–Kier alpha value is -2.84. The summed E-state index contributed by atoms with van der Waals surface area (Å²) < 4.78 is 24.8. The van der Waals surface area contributed by atoms with Crippen molar-refractivity contribution < 1.29 is 23.1 Å². The molecule has 1 heterocycles. The molecule has 1 aromatic heterocycles. The van der Waals surface area contributed by atoms with Crippen LogP contribution < -0.4 is 4.72 Å². The van der Waals surface area contributed by atoms with E-state index in [1.807, 2.05) is 0 Å². The van der Waals surface area contributed by atoms with E-state index in [-0.39, 0.29) is 12.1 Å². The molecule has 3 aromatic rings. The molecule has 27 heavy (non-hydrogen) atoms. The monoisotopic (exact) mass is 406 g/mol. The highest BCUT2D eigenvalue weighted by Gasteiger charge is 2.21. The fourth-order valence-corrected chi connectivity index (χ4v) is 3.54. The summed E-state index contributed by atoms with van der Waals surface area (Å²) in [5.74, 6) is -1.46. The Balaban J connectivity index is 2.03. The zero-order valence-corrected chi connectivity index (χ0v) is 15.7. The predicted molar refractivity (Wildman–Crippen MR) is 103 cm³/mol. The topological polar surface area (TPSA) is 116 Å². The van der Waals surface area contributed by atoms with Crippen LogP contribution in [-0.2, 0) is 21.2 Å². The Morgan fingerprint density at radius 2 is 1.81 bits per heavy atom. The molecule has 0 unspecified atom stereocenters. The van der Waals surface area contributed by atoms with Gasteiger partial charge in [-0.3, -0.25) is 14.3 Å². The van der Waals surface area contributed by atoms with Crippen LogP contribution in [0, 0.1) is 0 Å². The smallest absolute Gasteiger partial charge is 0.307 e. The van der Waals surface area contributed by atoms with Crippen molar-refractivity contribution in [3.05, 3.63) is 64.3 Å². The highest BCUT2D eigenvalue weighted by atomic mass is 35.5. The van der Waals surface area contributed by atoms with Gasteiger partial charge in [0.1, 0.15) is 0 Å². The molecular formula is C18H15ClN2O5S. The van der Waals surface area contributed by atoms with E-state index in [1.165, 1.54) is 24.3 Å². The molecule has 0 aliphatic rings. The summed E-state index contributed by atoms with van der Waals surface area (Å²) in [6.45, 7) is 0. The molecule has 0 bridgehead atoms. The average molecular weight is 407 g/mol. The van der Waals surface area contributed by atoms with Crippen molar-refractivity contribution in [1.29, 1.82) is 0 Å². The number of fused-ring (bicyclic) bond motifs is 1. The lowest BCUT2D eigenvalue weighted by molar-refractivity contribution is -0.136. The minimum Gasteiger partial charge on any atom is -0.481 e. The van der Waals surface area contributed by atoms with Crippen LogP contribution in [0.25, 0.3) is 10.9 Å². The van der Waals surface area contributed by atoms with Crippen molar-refractivity contribution >= 4 is 50.0 Å². The van der Waals surface area contributed by atoms with Crippen LogP contribution in [0.4, 0.5) is 5.69 Å². The summed E-state index contributed by atoms with van der Waals surface area (Å²) in [4.78, 5) is 27.1. The van der Waals surface area contributed by atoms with Gasteiger partial charge in [-0.2, -0.15) is 0 Å². The molecule has 0 aliphatic heterocycles. The number of H-pyrrole nitrogens is 1. The third kappa shape index (κ3) is 4.29. The van der Waals surface area contributed by atoms with Crippen molar-refractivity contribution in [2.75, 3.05) is 11.0 Å². The van der Waals surface area contributed by atoms with Crippen LogP contribution in [0.5, 0.6) is 0 Å². The van der Waals surface area contributed by atoms with Gasteiger partial charge in [-0.05, 0) is 36.4 Å². The minimum atomic E-state index is -3.42. The van der Waals surface area contributed by atoms with Crippen molar-refractivity contribution in [1.82, 2.24) is 4.98 Å². The first-order valence-corrected chi connectivity index (χ1v) is 10.1. The van der Waals surface area contributed by atoms with Crippen molar-refractivity contribution in [2.45, 2.75) is 6.42 Å². The predicted octanol–water partition coefficient (Wildman–Crippen LogP) is 3.05. The quantitative estimate of drug-likeness (QED) is 0.544. The Morgan fingerprint density at radius 3 is 2.41 bits per heavy atom. The maximum atomic E-state index is 12.9. The van der Waals surface area contributed by atoms with Gasteiger partial charge in [-0.1, -0.05) is 17.7 Å². The zero-order valence-electron chi connectivity index (χ0n) is 14.1. The number of aromatic nitrogens is 1. The van der Waals surface area contributed by atoms with Crippen LogP contribution in [0.3, 0.4) is 0 Å². The molecule has 0 saturated carbocycles. The van der Waals surface area contributed by atoms with Crippen molar-refractivity contribution in [2.24, 2.45) is 0 Å². The van der Waals surface area contributed by atoms with Gasteiger partial charge in [-0.25, -0.2) is 8.42 Å². The Kier molecular flexibility index (Phi) is 4.95. The number of nitrogens with one attached hydrogen (secondary N) is 2. The summed E-state index contributed by atoms with van der Waals surface area (Å²) in [5, 5.41) is 10.3. The molecule has 0 amide bonds. The number of carboxylic acids is 1. The Morgan fingerprint density at radius 1 is 1.15 bits per heavy atom. The maximum absolute atomic E-state index is 12.9. The van der Waals surface area contributed by atoms with Crippen LogP contribution in [0.1, 0.15) is 21.6 Å². The molecule has 0 saturated heterocycles. The number of benzene rings is 2. The summed E-state index contributed by atoms with van der Waals surface area (Å²) in [7, 11) is -3.42. The largest absolute Gasteiger partial charge is 0.481 e. The fourth-order valence-electron chi connectivity index (χ4n) is 2.80. The molecule has 7 nitrogen and oxygen atoms in total. The van der Waals surface area contributed by atoms with Crippen LogP contribution in [0.15, 0.2) is 42.5 Å². The molecule has 0 radical (unpaired) electrons. The summed E-state index contributed by atoms with van der Waals surface area (Å²) in [5.41, 5.74) is 1.72. The van der Waals surface area contributed by atoms with Gasteiger partial charge in [0.25, 0.3) is 0 Å². The standard InChI is InChI=1S/C18H15ClN2O5S/c1-27(25,26)21-12-5-2-10(3-6-12)18(24)17-14(9-16(22)23)13-7-4-11(19)8-15(13)20-17/h2-8,20-21H,9H2,1H3,(H,22,23). The molecule has 0 fully saturated rings. The fraction of sp³-hybridized carbons (Fsp3) is 0.111. The molecule has 2 aromatic carbocycles. The second kappa shape index (κ2) is 7.05. The molecule has 0 atom stereocenters. The number of halogens is 1. The van der Waals surface area contributed by atoms with Gasteiger partial charge in [0.2, 0.25) is 15.8 Å². The van der Waals surface area contributed by atoms with Gasteiger partial charge in [0.15, 0.2) is 0 Å². The highest BCUT2D eigenvalue weighted by Crippen LogP contribution is 2.28. The van der Waals surface area contributed by atoms with Crippen LogP contribution in [-0.4, -0.2) is 36.5 Å². The second-order valence-corrected chi connectivity index (χ2v) is 8.20. The van der Waals surface area contributed by atoms with E-state index in [2.05, 4.69) is 9.71 Å². The van der Waals surface area contributed by atoms with Gasteiger partial charge >= 0.3 is 5.97 Å². The number of carbonyl (C=O) groups excluding carboxylic acids is 1. The van der Waals surface area contributed by atoms with E-state index in [4.69, 9.17) is 11.6 Å². The van der Waals surface area contributed by atoms with Crippen LogP contribution >= 0.6 is 11.6 Å². The highest BCUT2D eigenvalue weighted by molar-refractivity contribution is 7.92. The lowest BCUT2D eigenvalue weighted by atomic mass is 10.0. The normalized spacial score (nSPS) is 11.5. The minimum absolute atomic E-state index is 0.165. The first-order chi connectivity index (χ1) is 12.6. The van der Waals surface area contributed by atoms with E-state index >= 15 is 0 Å². The first-order valence-electron chi connectivity index (χ1n) is 7.78. The number of ketones is 1. The number of aliphatic carboxylic acids is 1. The number of carbonyl (C=O) groups is 2. The number of aromatic amines is 1. The first kappa shape index (κ1) is 18.9. The van der Waals surface area contributed by atoms with E-state index in [9.17, 15) is 23.1 Å². The Bertz CT molecular complexity index is 1150. The maximum Gasteiger partial charge on any atom is 0.307 e. The zero-order chi connectivity index (χ0) is 19.8. The molecular weight excluding hydrogens is 392 g/mol. The van der Waals surface area contributed by atoms with E-state index in [0.29, 0.717) is 32.7 Å². The van der Waals surface area contributed by atoms with Crippen molar-refractivity contribution in [3.8, 4) is 0 Å². The number of carboxylic acid groups (broad SMARTS) is 1. The third-order valence-electron chi connectivity index (χ3n) is 3.87. The second-order valence-electron chi connectivity index (χ2n) is 6.02. The summed E-state index contributed by atoms with van der Waals surface area (Å²) in [6.07, 6.45) is 0.705. The number of hydrogen-bond donors (Lipinski definition) is 3. The van der Waals surface area contributed by atoms with Gasteiger partial charge in [0, 0.05) is 32.7 Å². The molecule has 0 spiro atoms. The van der Waals surface area contributed by atoms with E-state index < -0.39 is 21.8 Å². The SMILES string of the molecule is CS(=O)(=O)Nc1ccc(C(=O)c2[nH]c3cc(Cl)ccc3c2CC(=O)O)cc1. The lowest BCUT2D eigenvalue weighted by Gasteiger charge is -2.06. The van der Waals surface area contributed by atoms with Gasteiger partial charge < -0.3 is 10.1 Å². The number of hydrogen-bond acceptors (Lipinski definition) is 4. The number of anilines is 1. The molecule has 3 rings (SSSR count). The molecule has 9 heteroatoms. The lowest BCUT2D eigenvalue weighted by Crippen LogP contribution is -2.11.